The molecule has 1 aliphatic carbocycles. The number of aromatic hydroxyl groups is 1. The number of phenolic OH excluding ortho intramolecular Hbond substituents is 1. The van der Waals surface area contributed by atoms with E-state index < -0.39 is 17.5 Å². The molecule has 0 radical (unpaired) electrons. The van der Waals surface area contributed by atoms with E-state index in [9.17, 15) is 23.1 Å². The van der Waals surface area contributed by atoms with E-state index in [2.05, 4.69) is 0 Å². The number of halogens is 3. The number of methoxy groups -OCH3 is 2. The number of rotatable bonds is 5. The molecule has 8 heteroatoms. The highest BCUT2D eigenvalue weighted by atomic mass is 19.4. The van der Waals surface area contributed by atoms with Crippen molar-refractivity contribution in [1.29, 1.82) is 0 Å². The second-order valence-corrected chi connectivity index (χ2v) is 7.29. The molecular formula is C24H19F3O5. The number of hydrogen-bond donors (Lipinski definition) is 1. The molecule has 0 heterocycles. The number of ketones is 1. The number of fused-ring (bicyclic) bond motifs is 2. The number of ether oxygens (including phenoxy) is 3. The lowest BCUT2D eigenvalue weighted by Crippen LogP contribution is -2.18. The minimum Gasteiger partial charge on any atom is -0.507 e. The smallest absolute Gasteiger partial charge is 0.416 e. The molecule has 166 valence electrons. The van der Waals surface area contributed by atoms with Crippen LogP contribution in [0.5, 0.6) is 23.0 Å². The summed E-state index contributed by atoms with van der Waals surface area (Å²) < 4.78 is 54.9. The van der Waals surface area contributed by atoms with E-state index in [1.54, 1.807) is 18.2 Å². The quantitative estimate of drug-likeness (QED) is 0.462. The Bertz CT molecular complexity index is 1180. The molecule has 4 rings (SSSR count). The highest BCUT2D eigenvalue weighted by molar-refractivity contribution is 6.16. The summed E-state index contributed by atoms with van der Waals surface area (Å²) in [6.07, 6.45) is -4.12. The van der Waals surface area contributed by atoms with Crippen LogP contribution in [0.15, 0.2) is 48.5 Å². The molecule has 0 unspecified atom stereocenters. The third-order valence-corrected chi connectivity index (χ3v) is 5.36. The summed E-state index contributed by atoms with van der Waals surface area (Å²) in [7, 11) is 2.96. The molecule has 0 bridgehead atoms. The first kappa shape index (κ1) is 21.5. The third-order valence-electron chi connectivity index (χ3n) is 5.36. The molecule has 0 saturated carbocycles. The SMILES string of the molecule is COc1cc2c(c(OCc3ccc(C(F)(F)F)cc3)c1)C(=O)c1c(O)ccc(OC)c1C2. The Labute approximate surface area is 182 Å². The van der Waals surface area contributed by atoms with Crippen molar-refractivity contribution in [3.8, 4) is 23.0 Å². The lowest BCUT2D eigenvalue weighted by molar-refractivity contribution is -0.137. The van der Waals surface area contributed by atoms with Crippen molar-refractivity contribution in [2.75, 3.05) is 14.2 Å². The van der Waals surface area contributed by atoms with Crippen molar-refractivity contribution in [2.24, 2.45) is 0 Å². The largest absolute Gasteiger partial charge is 0.507 e. The normalized spacial score (nSPS) is 12.7. The van der Waals surface area contributed by atoms with Gasteiger partial charge in [0.15, 0.2) is 0 Å². The van der Waals surface area contributed by atoms with Crippen LogP contribution >= 0.6 is 0 Å². The fourth-order valence-electron chi connectivity index (χ4n) is 3.78. The van der Waals surface area contributed by atoms with Gasteiger partial charge in [0, 0.05) is 18.1 Å². The summed E-state index contributed by atoms with van der Waals surface area (Å²) in [5, 5.41) is 10.3. The van der Waals surface area contributed by atoms with Crippen molar-refractivity contribution in [2.45, 2.75) is 19.2 Å². The lowest BCUT2D eigenvalue weighted by atomic mass is 9.83. The van der Waals surface area contributed by atoms with Crippen molar-refractivity contribution in [3.05, 3.63) is 81.9 Å². The van der Waals surface area contributed by atoms with E-state index in [0.29, 0.717) is 34.6 Å². The number of carbonyl (C=O) groups excluding carboxylic acids is 1. The first-order valence-corrected chi connectivity index (χ1v) is 9.66. The first-order valence-electron chi connectivity index (χ1n) is 9.66. The highest BCUT2D eigenvalue weighted by Crippen LogP contribution is 2.42. The van der Waals surface area contributed by atoms with Gasteiger partial charge in [-0.15, -0.1) is 0 Å². The van der Waals surface area contributed by atoms with Crippen LogP contribution < -0.4 is 14.2 Å². The van der Waals surface area contributed by atoms with Crippen LogP contribution in [-0.4, -0.2) is 25.1 Å². The Balaban J connectivity index is 1.70. The highest BCUT2D eigenvalue weighted by Gasteiger charge is 2.32. The molecule has 0 saturated heterocycles. The van der Waals surface area contributed by atoms with Gasteiger partial charge in [-0.1, -0.05) is 12.1 Å². The van der Waals surface area contributed by atoms with Gasteiger partial charge < -0.3 is 19.3 Å². The molecule has 0 fully saturated rings. The number of alkyl halides is 3. The van der Waals surface area contributed by atoms with E-state index in [0.717, 1.165) is 12.1 Å². The van der Waals surface area contributed by atoms with Gasteiger partial charge >= 0.3 is 6.18 Å². The lowest BCUT2D eigenvalue weighted by Gasteiger charge is -2.24. The topological polar surface area (TPSA) is 65.0 Å². The predicted molar refractivity (Wildman–Crippen MR) is 110 cm³/mol. The van der Waals surface area contributed by atoms with Gasteiger partial charge in [-0.05, 0) is 41.5 Å². The molecular weight excluding hydrogens is 425 g/mol. The summed E-state index contributed by atoms with van der Waals surface area (Å²) in [6.45, 7) is -0.0536. The Morgan fingerprint density at radius 1 is 0.938 bits per heavy atom. The average molecular weight is 444 g/mol. The summed E-state index contributed by atoms with van der Waals surface area (Å²) >= 11 is 0. The first-order chi connectivity index (χ1) is 15.2. The Morgan fingerprint density at radius 3 is 2.28 bits per heavy atom. The van der Waals surface area contributed by atoms with Gasteiger partial charge in [0.25, 0.3) is 0 Å². The molecule has 1 aliphatic rings. The molecule has 5 nitrogen and oxygen atoms in total. The zero-order chi connectivity index (χ0) is 23.0. The second kappa shape index (κ2) is 8.11. The maximum absolute atomic E-state index is 13.3. The Hall–Kier alpha value is -3.68. The van der Waals surface area contributed by atoms with Gasteiger partial charge in [0.1, 0.15) is 29.6 Å². The molecule has 0 amide bonds. The molecule has 3 aromatic carbocycles. The van der Waals surface area contributed by atoms with Crippen LogP contribution in [0.2, 0.25) is 0 Å². The molecule has 32 heavy (non-hydrogen) atoms. The summed E-state index contributed by atoms with van der Waals surface area (Å²) in [5.41, 5.74) is 1.36. The van der Waals surface area contributed by atoms with E-state index in [1.165, 1.54) is 32.4 Å². The zero-order valence-electron chi connectivity index (χ0n) is 17.2. The molecule has 0 aromatic heterocycles. The summed E-state index contributed by atoms with van der Waals surface area (Å²) in [6, 6.07) is 10.8. The van der Waals surface area contributed by atoms with Crippen molar-refractivity contribution in [1.82, 2.24) is 0 Å². The molecule has 3 aromatic rings. The predicted octanol–water partition coefficient (Wildman–Crippen LogP) is 5.14. The van der Waals surface area contributed by atoms with Crippen LogP contribution in [0.4, 0.5) is 13.2 Å². The number of benzene rings is 3. The minimum absolute atomic E-state index is 0.0536. The molecule has 0 atom stereocenters. The number of phenols is 1. The maximum Gasteiger partial charge on any atom is 0.416 e. The van der Waals surface area contributed by atoms with Crippen molar-refractivity contribution >= 4 is 5.78 Å². The van der Waals surface area contributed by atoms with E-state index in [1.807, 2.05) is 0 Å². The third kappa shape index (κ3) is 3.84. The minimum atomic E-state index is -4.42. The van der Waals surface area contributed by atoms with Gasteiger partial charge in [-0.3, -0.25) is 4.79 Å². The van der Waals surface area contributed by atoms with Crippen LogP contribution in [0.1, 0.15) is 38.2 Å². The number of hydrogen-bond acceptors (Lipinski definition) is 5. The monoisotopic (exact) mass is 444 g/mol. The fraction of sp³-hybridized carbons (Fsp3) is 0.208. The van der Waals surface area contributed by atoms with Crippen LogP contribution in [0.3, 0.4) is 0 Å². The van der Waals surface area contributed by atoms with Crippen LogP contribution in [0, 0.1) is 0 Å². The van der Waals surface area contributed by atoms with Crippen molar-refractivity contribution in [3.63, 3.8) is 0 Å². The summed E-state index contributed by atoms with van der Waals surface area (Å²) in [5.74, 6) is 0.564. The van der Waals surface area contributed by atoms with Gasteiger partial charge in [0.05, 0.1) is 30.9 Å². The van der Waals surface area contributed by atoms with Gasteiger partial charge in [-0.2, -0.15) is 13.2 Å². The summed E-state index contributed by atoms with van der Waals surface area (Å²) in [4.78, 5) is 13.3. The van der Waals surface area contributed by atoms with Crippen molar-refractivity contribution < 1.29 is 37.3 Å². The fourth-order valence-corrected chi connectivity index (χ4v) is 3.78. The molecule has 0 spiro atoms. The number of carbonyl (C=O) groups is 1. The van der Waals surface area contributed by atoms with Crippen LogP contribution in [-0.2, 0) is 19.2 Å². The standard InChI is InChI=1S/C24H19F3O5/c1-30-16-9-14-10-17-19(31-2)8-7-18(28)22(17)23(29)21(14)20(11-16)32-12-13-3-5-15(6-4-13)24(25,26)27/h3-9,11,28H,10,12H2,1-2H3. The van der Waals surface area contributed by atoms with Gasteiger partial charge in [-0.25, -0.2) is 0 Å². The van der Waals surface area contributed by atoms with E-state index in [-0.39, 0.29) is 29.2 Å². The molecule has 1 N–H and O–H groups in total. The zero-order valence-corrected chi connectivity index (χ0v) is 17.2. The average Bonchev–Trinajstić information content (AvgIpc) is 2.77. The second-order valence-electron chi connectivity index (χ2n) is 7.29. The van der Waals surface area contributed by atoms with E-state index in [4.69, 9.17) is 14.2 Å². The van der Waals surface area contributed by atoms with Gasteiger partial charge in [0.2, 0.25) is 5.78 Å². The van der Waals surface area contributed by atoms with E-state index >= 15 is 0 Å². The molecule has 0 aliphatic heterocycles. The van der Waals surface area contributed by atoms with Crippen LogP contribution in [0.25, 0.3) is 0 Å². The Morgan fingerprint density at radius 2 is 1.66 bits per heavy atom. The Kier molecular flexibility index (Phi) is 5.46. The maximum atomic E-state index is 13.3.